The van der Waals surface area contributed by atoms with Gasteiger partial charge in [0.05, 0.1) is 17.3 Å². The first-order chi connectivity index (χ1) is 8.78. The van der Waals surface area contributed by atoms with Crippen LogP contribution in [0, 0.1) is 0 Å². The third-order valence-electron chi connectivity index (χ3n) is 2.73. The normalized spacial score (nSPS) is 10.9. The first kappa shape index (κ1) is 11.0. The molecule has 0 bridgehead atoms. The van der Waals surface area contributed by atoms with Gasteiger partial charge in [0, 0.05) is 12.1 Å². The second-order valence-electron chi connectivity index (χ2n) is 3.95. The molecule has 0 amide bonds. The number of aromatic nitrogens is 3. The largest absolute Gasteiger partial charge is 0.289 e. The maximum atomic E-state index is 11.8. The second kappa shape index (κ2) is 4.31. The van der Waals surface area contributed by atoms with Crippen LogP contribution in [-0.4, -0.2) is 14.6 Å². The highest BCUT2D eigenvalue weighted by Crippen LogP contribution is 2.17. The zero-order chi connectivity index (χ0) is 12.5. The van der Waals surface area contributed by atoms with Crippen LogP contribution >= 0.6 is 11.6 Å². The van der Waals surface area contributed by atoms with E-state index in [1.807, 2.05) is 36.4 Å². The lowest BCUT2D eigenvalue weighted by Crippen LogP contribution is -2.14. The topological polar surface area (TPSA) is 50.2 Å². The molecular formula is C13H10ClN3O. The van der Waals surface area contributed by atoms with E-state index in [4.69, 9.17) is 11.6 Å². The van der Waals surface area contributed by atoms with Gasteiger partial charge in [-0.1, -0.05) is 30.3 Å². The van der Waals surface area contributed by atoms with Crippen molar-refractivity contribution in [2.24, 2.45) is 0 Å². The summed E-state index contributed by atoms with van der Waals surface area (Å²) in [5, 5.41) is 3.03. The predicted molar refractivity (Wildman–Crippen MR) is 70.8 cm³/mol. The van der Waals surface area contributed by atoms with Crippen molar-refractivity contribution in [1.29, 1.82) is 0 Å². The number of benzene rings is 1. The number of H-pyrrole nitrogens is 1. The van der Waals surface area contributed by atoms with E-state index in [1.165, 1.54) is 10.6 Å². The van der Waals surface area contributed by atoms with E-state index in [1.54, 1.807) is 0 Å². The molecule has 0 aliphatic carbocycles. The Morgan fingerprint density at radius 2 is 2.00 bits per heavy atom. The van der Waals surface area contributed by atoms with Gasteiger partial charge in [0.2, 0.25) is 0 Å². The number of alkyl halides is 1. The molecule has 90 valence electrons. The van der Waals surface area contributed by atoms with Gasteiger partial charge < -0.3 is 0 Å². The fourth-order valence-electron chi connectivity index (χ4n) is 1.87. The van der Waals surface area contributed by atoms with E-state index in [0.29, 0.717) is 11.3 Å². The van der Waals surface area contributed by atoms with Crippen molar-refractivity contribution in [2.75, 3.05) is 0 Å². The van der Waals surface area contributed by atoms with Crippen molar-refractivity contribution < 1.29 is 0 Å². The number of aromatic amines is 1. The summed E-state index contributed by atoms with van der Waals surface area (Å²) in [5.41, 5.74) is 2.87. The number of nitrogens with zero attached hydrogens (tertiary/aromatic N) is 2. The van der Waals surface area contributed by atoms with E-state index < -0.39 is 0 Å². The molecule has 0 spiro atoms. The van der Waals surface area contributed by atoms with Crippen LogP contribution in [0.5, 0.6) is 0 Å². The van der Waals surface area contributed by atoms with Crippen LogP contribution in [0.3, 0.4) is 0 Å². The van der Waals surface area contributed by atoms with Gasteiger partial charge in [-0.25, -0.2) is 9.50 Å². The molecule has 1 aromatic carbocycles. The fraction of sp³-hybridized carbons (Fsp3) is 0.0769. The zero-order valence-electron chi connectivity index (χ0n) is 9.43. The third kappa shape index (κ3) is 1.80. The van der Waals surface area contributed by atoms with Crippen molar-refractivity contribution >= 4 is 17.2 Å². The van der Waals surface area contributed by atoms with Gasteiger partial charge in [0.1, 0.15) is 0 Å². The van der Waals surface area contributed by atoms with Crippen LogP contribution in [0.25, 0.3) is 16.9 Å². The molecular weight excluding hydrogens is 250 g/mol. The Hall–Kier alpha value is -2.07. The summed E-state index contributed by atoms with van der Waals surface area (Å²) in [6.07, 6.45) is 0. The summed E-state index contributed by atoms with van der Waals surface area (Å²) in [6, 6.07) is 13.1. The van der Waals surface area contributed by atoms with Crippen molar-refractivity contribution in [3.05, 3.63) is 58.5 Å². The predicted octanol–water partition coefficient (Wildman–Crippen LogP) is 2.43. The Labute approximate surface area is 108 Å². The number of rotatable bonds is 2. The monoisotopic (exact) mass is 259 g/mol. The minimum atomic E-state index is -0.155. The molecule has 2 heterocycles. The summed E-state index contributed by atoms with van der Waals surface area (Å²) in [4.78, 5) is 16.1. The Bertz CT molecular complexity index is 746. The summed E-state index contributed by atoms with van der Waals surface area (Å²) < 4.78 is 1.42. The first-order valence-corrected chi connectivity index (χ1v) is 6.04. The molecule has 4 nitrogen and oxygen atoms in total. The van der Waals surface area contributed by atoms with Gasteiger partial charge in [-0.3, -0.25) is 9.89 Å². The molecule has 0 saturated carbocycles. The average molecular weight is 260 g/mol. The Morgan fingerprint density at radius 1 is 1.22 bits per heavy atom. The number of fused-ring (bicyclic) bond motifs is 1. The van der Waals surface area contributed by atoms with Gasteiger partial charge in [0.25, 0.3) is 5.56 Å². The summed E-state index contributed by atoms with van der Waals surface area (Å²) in [5.74, 6) is 0.234. The zero-order valence-corrected chi connectivity index (χ0v) is 10.2. The molecule has 0 saturated heterocycles. The van der Waals surface area contributed by atoms with Crippen LogP contribution in [-0.2, 0) is 5.88 Å². The van der Waals surface area contributed by atoms with Crippen molar-refractivity contribution in [1.82, 2.24) is 14.6 Å². The van der Waals surface area contributed by atoms with Crippen molar-refractivity contribution in [3.63, 3.8) is 0 Å². The second-order valence-corrected chi connectivity index (χ2v) is 4.22. The van der Waals surface area contributed by atoms with E-state index in [-0.39, 0.29) is 11.4 Å². The van der Waals surface area contributed by atoms with Crippen LogP contribution in [0.15, 0.2) is 47.3 Å². The van der Waals surface area contributed by atoms with Crippen molar-refractivity contribution in [2.45, 2.75) is 5.88 Å². The average Bonchev–Trinajstić information content (AvgIpc) is 2.84. The summed E-state index contributed by atoms with van der Waals surface area (Å²) in [7, 11) is 0. The molecule has 0 unspecified atom stereocenters. The molecule has 5 heteroatoms. The molecule has 18 heavy (non-hydrogen) atoms. The SMILES string of the molecule is O=c1cc(CCl)nc2cc(-c3ccccc3)[nH]n12. The van der Waals surface area contributed by atoms with Gasteiger partial charge in [-0.2, -0.15) is 0 Å². The minimum absolute atomic E-state index is 0.155. The van der Waals surface area contributed by atoms with Gasteiger partial charge in [0.15, 0.2) is 5.65 Å². The lowest BCUT2D eigenvalue weighted by atomic mass is 10.2. The van der Waals surface area contributed by atoms with Crippen LogP contribution in [0.4, 0.5) is 0 Å². The smallest absolute Gasteiger partial charge is 0.272 e. The van der Waals surface area contributed by atoms with Crippen molar-refractivity contribution in [3.8, 4) is 11.3 Å². The third-order valence-corrected chi connectivity index (χ3v) is 3.00. The Kier molecular flexibility index (Phi) is 2.64. The summed E-state index contributed by atoms with van der Waals surface area (Å²) in [6.45, 7) is 0. The number of hydrogen-bond acceptors (Lipinski definition) is 2. The van der Waals surface area contributed by atoms with E-state index in [2.05, 4.69) is 10.1 Å². The summed E-state index contributed by atoms with van der Waals surface area (Å²) >= 11 is 5.70. The molecule has 2 aromatic heterocycles. The van der Waals surface area contributed by atoms with Gasteiger partial charge in [-0.05, 0) is 5.56 Å². The lowest BCUT2D eigenvalue weighted by molar-refractivity contribution is 0.891. The quantitative estimate of drug-likeness (QED) is 0.719. The Balaban J connectivity index is 2.23. The van der Waals surface area contributed by atoms with Crippen LogP contribution in [0.1, 0.15) is 5.69 Å². The number of hydrogen-bond donors (Lipinski definition) is 1. The maximum Gasteiger partial charge on any atom is 0.272 e. The highest BCUT2D eigenvalue weighted by Gasteiger charge is 2.06. The van der Waals surface area contributed by atoms with E-state index >= 15 is 0 Å². The highest BCUT2D eigenvalue weighted by atomic mass is 35.5. The number of halogens is 1. The van der Waals surface area contributed by atoms with Crippen LogP contribution < -0.4 is 5.56 Å². The molecule has 3 rings (SSSR count). The fourth-order valence-corrected chi connectivity index (χ4v) is 2.01. The van der Waals surface area contributed by atoms with E-state index in [9.17, 15) is 4.79 Å². The first-order valence-electron chi connectivity index (χ1n) is 5.51. The highest BCUT2D eigenvalue weighted by molar-refractivity contribution is 6.16. The number of nitrogens with one attached hydrogen (secondary N) is 1. The Morgan fingerprint density at radius 3 is 2.72 bits per heavy atom. The lowest BCUT2D eigenvalue weighted by Gasteiger charge is -1.95. The minimum Gasteiger partial charge on any atom is -0.289 e. The molecule has 0 atom stereocenters. The molecule has 0 fully saturated rings. The van der Waals surface area contributed by atoms with Gasteiger partial charge in [-0.15, -0.1) is 11.6 Å². The molecule has 1 N–H and O–H groups in total. The molecule has 0 radical (unpaired) electrons. The van der Waals surface area contributed by atoms with E-state index in [0.717, 1.165) is 11.3 Å². The standard InChI is InChI=1S/C13H10ClN3O/c14-8-10-6-13(18)17-12(15-10)7-11(16-17)9-4-2-1-3-5-9/h1-7,16H,8H2. The maximum absolute atomic E-state index is 11.8. The molecule has 0 aliphatic heterocycles. The van der Waals surface area contributed by atoms with Gasteiger partial charge >= 0.3 is 0 Å². The molecule has 3 aromatic rings. The van der Waals surface area contributed by atoms with Crippen LogP contribution in [0.2, 0.25) is 0 Å². The molecule has 0 aliphatic rings.